The van der Waals surface area contributed by atoms with Crippen molar-refractivity contribution in [1.82, 2.24) is 0 Å². The number of nitrogens with zero attached hydrogens (tertiary/aromatic N) is 1. The van der Waals surface area contributed by atoms with Crippen LogP contribution in [0.25, 0.3) is 0 Å². The molecule has 28 heavy (non-hydrogen) atoms. The fraction of sp³-hybridized carbons (Fsp3) is 0.333. The van der Waals surface area contributed by atoms with Crippen LogP contribution < -0.4 is 25.0 Å². The second kappa shape index (κ2) is 8.21. The van der Waals surface area contributed by atoms with Crippen LogP contribution in [0.5, 0.6) is 11.5 Å². The number of amides is 2. The Bertz CT molecular complexity index is 897. The van der Waals surface area contributed by atoms with E-state index in [1.807, 2.05) is 18.2 Å². The quantitative estimate of drug-likeness (QED) is 0.801. The third-order valence-electron chi connectivity index (χ3n) is 4.80. The lowest BCUT2D eigenvalue weighted by molar-refractivity contribution is -0.117. The van der Waals surface area contributed by atoms with Crippen LogP contribution in [0.4, 0.5) is 17.1 Å². The number of carbonyl (C=O) groups excluding carboxylic acids is 2. The first-order valence-corrected chi connectivity index (χ1v) is 9.13. The number of hydrogen-bond donors (Lipinski definition) is 2. The van der Waals surface area contributed by atoms with E-state index in [0.29, 0.717) is 23.7 Å². The van der Waals surface area contributed by atoms with Gasteiger partial charge < -0.3 is 25.0 Å². The fourth-order valence-corrected chi connectivity index (χ4v) is 3.29. The molecule has 0 saturated heterocycles. The maximum Gasteiger partial charge on any atom is 0.246 e. The average molecular weight is 383 g/mol. The molecular formula is C21H25N3O4. The molecule has 1 atom stereocenters. The molecule has 0 aliphatic carbocycles. The summed E-state index contributed by atoms with van der Waals surface area (Å²) in [5.41, 5.74) is 3.43. The summed E-state index contributed by atoms with van der Waals surface area (Å²) in [6.45, 7) is 4.05. The van der Waals surface area contributed by atoms with E-state index in [-0.39, 0.29) is 11.8 Å². The van der Waals surface area contributed by atoms with Crippen molar-refractivity contribution in [2.45, 2.75) is 26.3 Å². The predicted molar refractivity (Wildman–Crippen MR) is 109 cm³/mol. The standard InChI is InChI=1S/C21H25N3O4/c1-13(21(26)23-18-12-17(27-3)6-8-20(18)28-4)22-16-5-7-19-15(11-16)9-10-24(19)14(2)25/h5-8,11-13,22H,9-10H2,1-4H3,(H,23,26). The van der Waals surface area contributed by atoms with Gasteiger partial charge in [0, 0.05) is 30.9 Å². The van der Waals surface area contributed by atoms with Crippen LogP contribution in [0.15, 0.2) is 36.4 Å². The van der Waals surface area contributed by atoms with Gasteiger partial charge >= 0.3 is 0 Å². The van der Waals surface area contributed by atoms with Gasteiger partial charge in [-0.15, -0.1) is 0 Å². The number of fused-ring (bicyclic) bond motifs is 1. The van der Waals surface area contributed by atoms with Crippen molar-refractivity contribution >= 4 is 28.9 Å². The van der Waals surface area contributed by atoms with E-state index in [9.17, 15) is 9.59 Å². The number of ether oxygens (including phenoxy) is 2. The number of carbonyl (C=O) groups is 2. The fourth-order valence-electron chi connectivity index (χ4n) is 3.29. The first-order chi connectivity index (χ1) is 13.4. The van der Waals surface area contributed by atoms with Gasteiger partial charge in [0.2, 0.25) is 11.8 Å². The molecule has 1 unspecified atom stereocenters. The molecule has 1 aliphatic heterocycles. The van der Waals surface area contributed by atoms with Crippen molar-refractivity contribution in [1.29, 1.82) is 0 Å². The molecule has 148 valence electrons. The lowest BCUT2D eigenvalue weighted by Gasteiger charge is -2.18. The van der Waals surface area contributed by atoms with Gasteiger partial charge in [-0.2, -0.15) is 0 Å². The van der Waals surface area contributed by atoms with E-state index in [2.05, 4.69) is 10.6 Å². The highest BCUT2D eigenvalue weighted by atomic mass is 16.5. The molecule has 2 amide bonds. The summed E-state index contributed by atoms with van der Waals surface area (Å²) in [7, 11) is 3.12. The van der Waals surface area contributed by atoms with Crippen molar-refractivity contribution in [2.75, 3.05) is 36.3 Å². The van der Waals surface area contributed by atoms with Crippen molar-refractivity contribution in [2.24, 2.45) is 0 Å². The van der Waals surface area contributed by atoms with Gasteiger partial charge in [0.1, 0.15) is 17.5 Å². The van der Waals surface area contributed by atoms with Crippen LogP contribution in [0.1, 0.15) is 19.4 Å². The smallest absolute Gasteiger partial charge is 0.246 e. The molecule has 0 bridgehead atoms. The summed E-state index contributed by atoms with van der Waals surface area (Å²) in [6.07, 6.45) is 0.812. The number of rotatable bonds is 6. The molecule has 1 heterocycles. The van der Waals surface area contributed by atoms with Gasteiger partial charge in [0.15, 0.2) is 0 Å². The first kappa shape index (κ1) is 19.5. The number of methoxy groups -OCH3 is 2. The highest BCUT2D eigenvalue weighted by Gasteiger charge is 2.23. The zero-order valence-electron chi connectivity index (χ0n) is 16.5. The molecule has 3 rings (SSSR count). The first-order valence-electron chi connectivity index (χ1n) is 9.13. The Kier molecular flexibility index (Phi) is 5.73. The molecule has 0 aromatic heterocycles. The van der Waals surface area contributed by atoms with Crippen LogP contribution in [0.3, 0.4) is 0 Å². The summed E-state index contributed by atoms with van der Waals surface area (Å²) in [6, 6.07) is 10.6. The normalized spacial score (nSPS) is 13.5. The minimum absolute atomic E-state index is 0.0411. The summed E-state index contributed by atoms with van der Waals surface area (Å²) in [5, 5.41) is 6.09. The lowest BCUT2D eigenvalue weighted by atomic mass is 10.1. The Balaban J connectivity index is 1.69. The van der Waals surface area contributed by atoms with Crippen molar-refractivity contribution in [3.8, 4) is 11.5 Å². The Morgan fingerprint density at radius 2 is 1.89 bits per heavy atom. The average Bonchev–Trinajstić information content (AvgIpc) is 3.11. The van der Waals surface area contributed by atoms with Gasteiger partial charge in [-0.3, -0.25) is 9.59 Å². The van der Waals surface area contributed by atoms with Gasteiger partial charge in [-0.25, -0.2) is 0 Å². The van der Waals surface area contributed by atoms with Crippen LogP contribution in [0.2, 0.25) is 0 Å². The van der Waals surface area contributed by atoms with E-state index in [0.717, 1.165) is 23.4 Å². The number of benzene rings is 2. The highest BCUT2D eigenvalue weighted by Crippen LogP contribution is 2.31. The molecule has 0 saturated carbocycles. The molecule has 7 nitrogen and oxygen atoms in total. The topological polar surface area (TPSA) is 79.9 Å². The molecule has 2 aromatic carbocycles. The van der Waals surface area contributed by atoms with E-state index in [4.69, 9.17) is 9.47 Å². The third-order valence-corrected chi connectivity index (χ3v) is 4.80. The lowest BCUT2D eigenvalue weighted by Crippen LogP contribution is -2.32. The largest absolute Gasteiger partial charge is 0.497 e. The van der Waals surface area contributed by atoms with Gasteiger partial charge in [-0.1, -0.05) is 0 Å². The monoisotopic (exact) mass is 383 g/mol. The minimum Gasteiger partial charge on any atom is -0.497 e. The molecule has 0 spiro atoms. The molecular weight excluding hydrogens is 358 g/mol. The molecule has 0 fully saturated rings. The second-order valence-electron chi connectivity index (χ2n) is 6.69. The Labute approximate surface area is 164 Å². The van der Waals surface area contributed by atoms with Gasteiger partial charge in [0.05, 0.1) is 19.9 Å². The maximum atomic E-state index is 12.6. The van der Waals surface area contributed by atoms with E-state index < -0.39 is 6.04 Å². The Morgan fingerprint density at radius 1 is 1.11 bits per heavy atom. The summed E-state index contributed by atoms with van der Waals surface area (Å²) < 4.78 is 10.5. The Morgan fingerprint density at radius 3 is 2.57 bits per heavy atom. The summed E-state index contributed by atoms with van der Waals surface area (Å²) in [4.78, 5) is 26.1. The minimum atomic E-state index is -0.473. The van der Waals surface area contributed by atoms with Crippen molar-refractivity contribution < 1.29 is 19.1 Å². The highest BCUT2D eigenvalue weighted by molar-refractivity contribution is 5.98. The van der Waals surface area contributed by atoms with Crippen LogP contribution >= 0.6 is 0 Å². The molecule has 1 aliphatic rings. The number of hydrogen-bond acceptors (Lipinski definition) is 5. The van der Waals surface area contributed by atoms with E-state index in [1.165, 1.54) is 0 Å². The molecule has 0 radical (unpaired) electrons. The number of nitrogens with one attached hydrogen (secondary N) is 2. The van der Waals surface area contributed by atoms with E-state index in [1.54, 1.807) is 51.2 Å². The zero-order chi connectivity index (χ0) is 20.3. The van der Waals surface area contributed by atoms with Crippen LogP contribution in [0, 0.1) is 0 Å². The summed E-state index contributed by atoms with van der Waals surface area (Å²) >= 11 is 0. The van der Waals surface area contributed by atoms with Crippen LogP contribution in [-0.4, -0.2) is 38.6 Å². The van der Waals surface area contributed by atoms with Gasteiger partial charge in [0.25, 0.3) is 0 Å². The van der Waals surface area contributed by atoms with Crippen molar-refractivity contribution in [3.05, 3.63) is 42.0 Å². The maximum absolute atomic E-state index is 12.6. The zero-order valence-corrected chi connectivity index (χ0v) is 16.5. The van der Waals surface area contributed by atoms with Crippen molar-refractivity contribution in [3.63, 3.8) is 0 Å². The Hall–Kier alpha value is -3.22. The summed E-state index contributed by atoms with van der Waals surface area (Å²) in [5.74, 6) is 1.03. The van der Waals surface area contributed by atoms with Crippen LogP contribution in [-0.2, 0) is 16.0 Å². The third kappa shape index (κ3) is 4.03. The molecule has 7 heteroatoms. The predicted octanol–water partition coefficient (Wildman–Crippen LogP) is 3.05. The molecule has 2 N–H and O–H groups in total. The second-order valence-corrected chi connectivity index (χ2v) is 6.69. The molecule has 2 aromatic rings. The number of anilines is 3. The SMILES string of the molecule is COc1ccc(OC)c(NC(=O)C(C)Nc2ccc3c(c2)CCN3C(C)=O)c1. The van der Waals surface area contributed by atoms with Gasteiger partial charge in [-0.05, 0) is 49.2 Å². The van der Waals surface area contributed by atoms with E-state index >= 15 is 0 Å².